The summed E-state index contributed by atoms with van der Waals surface area (Å²) in [6.07, 6.45) is 0. The van der Waals surface area contributed by atoms with Gasteiger partial charge in [-0.15, -0.1) is 5.10 Å². The van der Waals surface area contributed by atoms with Crippen LogP contribution in [-0.2, 0) is 11.3 Å². The number of carbonyl (C=O) groups is 1. The van der Waals surface area contributed by atoms with Gasteiger partial charge in [0.15, 0.2) is 5.69 Å². The lowest BCUT2D eigenvalue weighted by atomic mass is 10.00. The number of halogens is 2. The highest BCUT2D eigenvalue weighted by Crippen LogP contribution is 2.28. The molecule has 0 saturated carbocycles. The molecule has 2 heterocycles. The maximum absolute atomic E-state index is 14.4. The van der Waals surface area contributed by atoms with Crippen molar-refractivity contribution in [3.05, 3.63) is 75.8 Å². The highest BCUT2D eigenvalue weighted by molar-refractivity contribution is 6.31. The minimum atomic E-state index is -0.605. The molecule has 1 aromatic heterocycles. The van der Waals surface area contributed by atoms with Gasteiger partial charge in [0.1, 0.15) is 11.5 Å². The number of benzene rings is 2. The number of hydrogen-bond donors (Lipinski definition) is 0. The van der Waals surface area contributed by atoms with Crippen LogP contribution in [0.5, 0.6) is 0 Å². The van der Waals surface area contributed by atoms with Gasteiger partial charge in [-0.05, 0) is 30.3 Å². The lowest BCUT2D eigenvalue weighted by Crippen LogP contribution is -2.10. The summed E-state index contributed by atoms with van der Waals surface area (Å²) >= 11 is 6.16. The first-order chi connectivity index (χ1) is 12.6. The maximum Gasteiger partial charge on any atom is 0.360 e. The number of nitrogens with zero attached hydrogens (tertiary/aromatic N) is 4. The third-order valence-electron chi connectivity index (χ3n) is 4.10. The van der Waals surface area contributed by atoms with E-state index in [1.54, 1.807) is 36.4 Å². The highest BCUT2D eigenvalue weighted by atomic mass is 35.5. The van der Waals surface area contributed by atoms with Crippen LogP contribution in [0.1, 0.15) is 27.3 Å². The van der Waals surface area contributed by atoms with E-state index in [1.165, 1.54) is 17.9 Å². The standard InChI is InChI=1S/C18H12ClFN4O2/c1-26-18(25)17-15-9-21-16(11-4-2-3-5-13(11)20)12-8-10(19)6-7-14(12)24(15)23-22-17/h2-8H,9H2,1H3. The van der Waals surface area contributed by atoms with E-state index in [4.69, 9.17) is 16.3 Å². The predicted molar refractivity (Wildman–Crippen MR) is 93.5 cm³/mol. The Morgan fingerprint density at radius 1 is 1.23 bits per heavy atom. The molecule has 0 amide bonds. The molecule has 0 radical (unpaired) electrons. The molecule has 26 heavy (non-hydrogen) atoms. The van der Waals surface area contributed by atoms with Gasteiger partial charge in [-0.25, -0.2) is 13.9 Å². The molecule has 0 unspecified atom stereocenters. The molecule has 4 rings (SSSR count). The largest absolute Gasteiger partial charge is 0.464 e. The molecule has 130 valence electrons. The van der Waals surface area contributed by atoms with Crippen LogP contribution in [0.4, 0.5) is 4.39 Å². The first-order valence-electron chi connectivity index (χ1n) is 7.72. The van der Waals surface area contributed by atoms with Crippen LogP contribution < -0.4 is 0 Å². The van der Waals surface area contributed by atoms with Crippen LogP contribution in [0.25, 0.3) is 5.69 Å². The van der Waals surface area contributed by atoms with E-state index in [2.05, 4.69) is 15.3 Å². The normalized spacial score (nSPS) is 12.7. The number of ether oxygens (including phenoxy) is 1. The van der Waals surface area contributed by atoms with Gasteiger partial charge in [0.25, 0.3) is 0 Å². The molecule has 0 fully saturated rings. The predicted octanol–water partition coefficient (Wildman–Crippen LogP) is 3.20. The van der Waals surface area contributed by atoms with E-state index in [-0.39, 0.29) is 12.2 Å². The number of fused-ring (bicyclic) bond motifs is 3. The summed E-state index contributed by atoms with van der Waals surface area (Å²) in [5.74, 6) is -1.01. The fourth-order valence-corrected chi connectivity index (χ4v) is 3.07. The average molecular weight is 371 g/mol. The first kappa shape index (κ1) is 16.4. The molecule has 0 saturated heterocycles. The third-order valence-corrected chi connectivity index (χ3v) is 4.33. The number of methoxy groups -OCH3 is 1. The topological polar surface area (TPSA) is 69.4 Å². The van der Waals surface area contributed by atoms with Crippen molar-refractivity contribution < 1.29 is 13.9 Å². The van der Waals surface area contributed by atoms with Crippen molar-refractivity contribution in [3.8, 4) is 5.69 Å². The molecule has 0 aliphatic carbocycles. The van der Waals surface area contributed by atoms with Crippen LogP contribution in [0.15, 0.2) is 47.5 Å². The number of carbonyl (C=O) groups excluding carboxylic acids is 1. The fourth-order valence-electron chi connectivity index (χ4n) is 2.90. The third kappa shape index (κ3) is 2.57. The Morgan fingerprint density at radius 3 is 2.81 bits per heavy atom. The van der Waals surface area contributed by atoms with Gasteiger partial charge in [-0.2, -0.15) is 0 Å². The molecule has 0 bridgehead atoms. The second-order valence-corrected chi connectivity index (χ2v) is 6.03. The summed E-state index contributed by atoms with van der Waals surface area (Å²) in [5.41, 5.74) is 2.52. The summed E-state index contributed by atoms with van der Waals surface area (Å²) in [4.78, 5) is 16.5. The molecular weight excluding hydrogens is 359 g/mol. The lowest BCUT2D eigenvalue weighted by Gasteiger charge is -2.11. The molecule has 2 aromatic carbocycles. The van der Waals surface area contributed by atoms with Crippen molar-refractivity contribution in [3.63, 3.8) is 0 Å². The van der Waals surface area contributed by atoms with Gasteiger partial charge in [0, 0.05) is 16.1 Å². The Kier molecular flexibility index (Phi) is 4.00. The molecular formula is C18H12ClFN4O2. The summed E-state index contributed by atoms with van der Waals surface area (Å²) in [7, 11) is 1.27. The van der Waals surface area contributed by atoms with Crippen molar-refractivity contribution >= 4 is 23.3 Å². The van der Waals surface area contributed by atoms with Gasteiger partial charge in [-0.1, -0.05) is 28.9 Å². The Bertz CT molecular complexity index is 1060. The molecule has 8 heteroatoms. The van der Waals surface area contributed by atoms with Crippen molar-refractivity contribution in [2.45, 2.75) is 6.54 Å². The van der Waals surface area contributed by atoms with Gasteiger partial charge >= 0.3 is 5.97 Å². The van der Waals surface area contributed by atoms with E-state index in [0.717, 1.165) is 0 Å². The minimum Gasteiger partial charge on any atom is -0.464 e. The van der Waals surface area contributed by atoms with E-state index in [0.29, 0.717) is 33.2 Å². The smallest absolute Gasteiger partial charge is 0.360 e. The zero-order chi connectivity index (χ0) is 18.3. The second-order valence-electron chi connectivity index (χ2n) is 5.59. The van der Waals surface area contributed by atoms with Crippen molar-refractivity contribution in [1.82, 2.24) is 15.0 Å². The number of rotatable bonds is 2. The Labute approximate surface area is 152 Å². The maximum atomic E-state index is 14.4. The van der Waals surface area contributed by atoms with Gasteiger partial charge in [0.2, 0.25) is 0 Å². The van der Waals surface area contributed by atoms with E-state index >= 15 is 0 Å². The van der Waals surface area contributed by atoms with Gasteiger partial charge in [-0.3, -0.25) is 4.99 Å². The Hall–Kier alpha value is -3.06. The molecule has 0 atom stereocenters. The SMILES string of the molecule is COC(=O)c1nnn2c1CN=C(c1ccccc1F)c1cc(Cl)ccc1-2. The number of aliphatic imine (C=N–C) groups is 1. The molecule has 0 spiro atoms. The van der Waals surface area contributed by atoms with Crippen molar-refractivity contribution in [2.24, 2.45) is 4.99 Å². The van der Waals surface area contributed by atoms with Crippen LogP contribution in [0.3, 0.4) is 0 Å². The molecule has 3 aromatic rings. The summed E-state index contributed by atoms with van der Waals surface area (Å²) in [5, 5.41) is 8.45. The fraction of sp³-hybridized carbons (Fsp3) is 0.111. The highest BCUT2D eigenvalue weighted by Gasteiger charge is 2.27. The van der Waals surface area contributed by atoms with Crippen LogP contribution >= 0.6 is 11.6 Å². The van der Waals surface area contributed by atoms with Crippen LogP contribution in [0, 0.1) is 5.82 Å². The molecule has 1 aliphatic heterocycles. The van der Waals surface area contributed by atoms with Crippen LogP contribution in [0.2, 0.25) is 5.02 Å². The van der Waals surface area contributed by atoms with Crippen molar-refractivity contribution in [1.29, 1.82) is 0 Å². The second kappa shape index (κ2) is 6.34. The van der Waals surface area contributed by atoms with Gasteiger partial charge < -0.3 is 4.74 Å². The van der Waals surface area contributed by atoms with E-state index in [1.807, 2.05) is 0 Å². The van der Waals surface area contributed by atoms with E-state index < -0.39 is 11.8 Å². The average Bonchev–Trinajstić information content (AvgIpc) is 3.00. The first-order valence-corrected chi connectivity index (χ1v) is 8.10. The monoisotopic (exact) mass is 370 g/mol. The molecule has 6 nitrogen and oxygen atoms in total. The van der Waals surface area contributed by atoms with E-state index in [9.17, 15) is 9.18 Å². The zero-order valence-electron chi connectivity index (χ0n) is 13.6. The number of esters is 1. The Morgan fingerprint density at radius 2 is 2.04 bits per heavy atom. The quantitative estimate of drug-likeness (QED) is 0.649. The summed E-state index contributed by atoms with van der Waals surface area (Å²) < 4.78 is 20.7. The molecule has 0 N–H and O–H groups in total. The Balaban J connectivity index is 1.98. The molecule has 1 aliphatic rings. The summed E-state index contributed by atoms with van der Waals surface area (Å²) in [6.45, 7) is 0.0907. The minimum absolute atomic E-state index is 0.0759. The number of aromatic nitrogens is 3. The van der Waals surface area contributed by atoms with Crippen LogP contribution in [-0.4, -0.2) is 33.8 Å². The lowest BCUT2D eigenvalue weighted by molar-refractivity contribution is 0.0592. The van der Waals surface area contributed by atoms with Gasteiger partial charge in [0.05, 0.1) is 25.1 Å². The summed E-state index contributed by atoms with van der Waals surface area (Å²) in [6, 6.07) is 11.5. The number of hydrogen-bond acceptors (Lipinski definition) is 5. The van der Waals surface area contributed by atoms with Crippen molar-refractivity contribution in [2.75, 3.05) is 7.11 Å². The zero-order valence-corrected chi connectivity index (χ0v) is 14.4.